The highest BCUT2D eigenvalue weighted by Crippen LogP contribution is 2.36. The Bertz CT molecular complexity index is 1220. The molecule has 0 spiro atoms. The Kier molecular flexibility index (Phi) is 7.57. The van der Waals surface area contributed by atoms with Crippen molar-refractivity contribution in [2.75, 3.05) is 32.0 Å². The number of nitrogens with one attached hydrogen (secondary N) is 2. The standard InChI is InChI=1S/C23H21ClN2O6S/c1-12-18(23(29)32-4)22(26-20(27)14-7-5-6-8-15(14)24)33-19(12)21(28)25-16-11-13(30-2)9-10-17(16)31-3/h5-11H,1-4H3,(H,25,28)(H,26,27). The second-order valence-electron chi connectivity index (χ2n) is 6.71. The molecule has 0 aliphatic heterocycles. The lowest BCUT2D eigenvalue weighted by Crippen LogP contribution is -2.15. The van der Waals surface area contributed by atoms with Crippen LogP contribution in [-0.2, 0) is 4.74 Å². The van der Waals surface area contributed by atoms with Crippen LogP contribution in [0.3, 0.4) is 0 Å². The van der Waals surface area contributed by atoms with E-state index < -0.39 is 17.8 Å². The molecule has 0 saturated heterocycles. The fourth-order valence-corrected chi connectivity index (χ4v) is 4.38. The summed E-state index contributed by atoms with van der Waals surface area (Å²) in [6, 6.07) is 11.5. The molecule has 0 saturated carbocycles. The number of hydrogen-bond acceptors (Lipinski definition) is 7. The maximum Gasteiger partial charge on any atom is 0.341 e. The molecule has 0 unspecified atom stereocenters. The SMILES string of the molecule is COC(=O)c1c(NC(=O)c2ccccc2Cl)sc(C(=O)Nc2cc(OC)ccc2OC)c1C. The van der Waals surface area contributed by atoms with Crippen LogP contribution in [0, 0.1) is 6.92 Å². The fourth-order valence-electron chi connectivity index (χ4n) is 3.07. The van der Waals surface area contributed by atoms with Crippen LogP contribution >= 0.6 is 22.9 Å². The van der Waals surface area contributed by atoms with E-state index in [4.69, 9.17) is 25.8 Å². The van der Waals surface area contributed by atoms with Crippen LogP contribution in [0.1, 0.15) is 36.0 Å². The molecule has 2 aromatic carbocycles. The number of esters is 1. The van der Waals surface area contributed by atoms with Crippen LogP contribution in [0.25, 0.3) is 0 Å². The van der Waals surface area contributed by atoms with E-state index in [2.05, 4.69) is 10.6 Å². The number of ether oxygens (including phenoxy) is 3. The molecule has 2 N–H and O–H groups in total. The van der Waals surface area contributed by atoms with Crippen LogP contribution in [0.2, 0.25) is 5.02 Å². The molecule has 2 amide bonds. The Morgan fingerprint density at radius 3 is 2.30 bits per heavy atom. The zero-order valence-corrected chi connectivity index (χ0v) is 19.8. The molecule has 0 aliphatic carbocycles. The van der Waals surface area contributed by atoms with Gasteiger partial charge in [-0.3, -0.25) is 9.59 Å². The molecule has 33 heavy (non-hydrogen) atoms. The summed E-state index contributed by atoms with van der Waals surface area (Å²) < 4.78 is 15.4. The van der Waals surface area contributed by atoms with Gasteiger partial charge in [-0.1, -0.05) is 23.7 Å². The zero-order chi connectivity index (χ0) is 24.1. The average Bonchev–Trinajstić information content (AvgIpc) is 3.14. The van der Waals surface area contributed by atoms with Crippen molar-refractivity contribution in [1.82, 2.24) is 0 Å². The largest absolute Gasteiger partial charge is 0.497 e. The van der Waals surface area contributed by atoms with Gasteiger partial charge in [0, 0.05) is 6.07 Å². The van der Waals surface area contributed by atoms with Gasteiger partial charge in [-0.2, -0.15) is 0 Å². The van der Waals surface area contributed by atoms with E-state index in [-0.39, 0.29) is 26.0 Å². The van der Waals surface area contributed by atoms with Crippen molar-refractivity contribution in [1.29, 1.82) is 0 Å². The summed E-state index contributed by atoms with van der Waals surface area (Å²) in [7, 11) is 4.21. The van der Waals surface area contributed by atoms with Crippen molar-refractivity contribution < 1.29 is 28.6 Å². The number of thiophene rings is 1. The van der Waals surface area contributed by atoms with E-state index in [0.29, 0.717) is 22.7 Å². The number of halogens is 1. The molecule has 0 atom stereocenters. The van der Waals surface area contributed by atoms with Gasteiger partial charge in [0.1, 0.15) is 16.5 Å². The highest BCUT2D eigenvalue weighted by atomic mass is 35.5. The quantitative estimate of drug-likeness (QED) is 0.453. The zero-order valence-electron chi connectivity index (χ0n) is 18.3. The first-order valence-electron chi connectivity index (χ1n) is 9.61. The van der Waals surface area contributed by atoms with Crippen LogP contribution in [0.4, 0.5) is 10.7 Å². The van der Waals surface area contributed by atoms with Crippen LogP contribution in [0.15, 0.2) is 42.5 Å². The number of anilines is 2. The molecule has 1 heterocycles. The van der Waals surface area contributed by atoms with Gasteiger partial charge >= 0.3 is 5.97 Å². The van der Waals surface area contributed by atoms with Crippen molar-refractivity contribution in [3.05, 3.63) is 69.1 Å². The van der Waals surface area contributed by atoms with E-state index >= 15 is 0 Å². The number of hydrogen-bond donors (Lipinski definition) is 2. The minimum Gasteiger partial charge on any atom is -0.497 e. The summed E-state index contributed by atoms with van der Waals surface area (Å²) in [6.45, 7) is 1.60. The third-order valence-corrected chi connectivity index (χ3v) is 6.28. The van der Waals surface area contributed by atoms with Gasteiger partial charge in [-0.15, -0.1) is 11.3 Å². The number of amides is 2. The van der Waals surface area contributed by atoms with Crippen LogP contribution in [-0.4, -0.2) is 39.1 Å². The topological polar surface area (TPSA) is 103 Å². The molecule has 0 radical (unpaired) electrons. The Hall–Kier alpha value is -3.56. The molecular formula is C23H21ClN2O6S. The Balaban J connectivity index is 1.98. The fraction of sp³-hybridized carbons (Fsp3) is 0.174. The highest BCUT2D eigenvalue weighted by Gasteiger charge is 2.27. The van der Waals surface area contributed by atoms with Crippen LogP contribution in [0.5, 0.6) is 11.5 Å². The summed E-state index contributed by atoms with van der Waals surface area (Å²) in [6.07, 6.45) is 0. The van der Waals surface area contributed by atoms with E-state index in [0.717, 1.165) is 11.3 Å². The Morgan fingerprint density at radius 2 is 1.67 bits per heavy atom. The summed E-state index contributed by atoms with van der Waals surface area (Å²) >= 11 is 7.06. The minimum absolute atomic E-state index is 0.0886. The molecule has 0 fully saturated rings. The monoisotopic (exact) mass is 488 g/mol. The van der Waals surface area contributed by atoms with Crippen molar-refractivity contribution in [3.8, 4) is 11.5 Å². The van der Waals surface area contributed by atoms with Crippen molar-refractivity contribution >= 4 is 51.4 Å². The van der Waals surface area contributed by atoms with Gasteiger partial charge in [0.25, 0.3) is 11.8 Å². The molecule has 8 nitrogen and oxygen atoms in total. The van der Waals surface area contributed by atoms with E-state index in [1.165, 1.54) is 21.3 Å². The third-order valence-electron chi connectivity index (χ3n) is 4.74. The van der Waals surface area contributed by atoms with Crippen molar-refractivity contribution in [2.24, 2.45) is 0 Å². The van der Waals surface area contributed by atoms with E-state index in [1.54, 1.807) is 49.4 Å². The molecule has 3 rings (SSSR count). The molecule has 3 aromatic rings. The second-order valence-corrected chi connectivity index (χ2v) is 8.13. The van der Waals surface area contributed by atoms with Gasteiger partial charge in [0.15, 0.2) is 0 Å². The predicted octanol–water partition coefficient (Wildman–Crippen LogP) is 5.02. The molecule has 0 bridgehead atoms. The Morgan fingerprint density at radius 1 is 0.939 bits per heavy atom. The molecular weight excluding hydrogens is 468 g/mol. The molecule has 10 heteroatoms. The lowest BCUT2D eigenvalue weighted by Gasteiger charge is -2.11. The number of rotatable bonds is 7. The first kappa shape index (κ1) is 24.1. The Labute approximate surface area is 199 Å². The summed E-state index contributed by atoms with van der Waals surface area (Å²) in [5.74, 6) is -0.743. The smallest absolute Gasteiger partial charge is 0.341 e. The van der Waals surface area contributed by atoms with Gasteiger partial charge in [-0.05, 0) is 36.8 Å². The van der Waals surface area contributed by atoms with Crippen LogP contribution < -0.4 is 20.1 Å². The third kappa shape index (κ3) is 5.10. The summed E-state index contributed by atoms with van der Waals surface area (Å²) in [5.41, 5.74) is 1.07. The summed E-state index contributed by atoms with van der Waals surface area (Å²) in [5, 5.41) is 5.87. The summed E-state index contributed by atoms with van der Waals surface area (Å²) in [4.78, 5) is 38.5. The predicted molar refractivity (Wildman–Crippen MR) is 127 cm³/mol. The van der Waals surface area contributed by atoms with Gasteiger partial charge in [-0.25, -0.2) is 4.79 Å². The lowest BCUT2D eigenvalue weighted by atomic mass is 10.1. The lowest BCUT2D eigenvalue weighted by molar-refractivity contribution is 0.0601. The van der Waals surface area contributed by atoms with Gasteiger partial charge < -0.3 is 24.8 Å². The number of carbonyl (C=O) groups excluding carboxylic acids is 3. The second kappa shape index (κ2) is 10.4. The molecule has 0 aliphatic rings. The number of methoxy groups -OCH3 is 3. The maximum atomic E-state index is 13.1. The van der Waals surface area contributed by atoms with Crippen molar-refractivity contribution in [2.45, 2.75) is 6.92 Å². The number of carbonyl (C=O) groups is 3. The first-order valence-corrected chi connectivity index (χ1v) is 10.8. The molecule has 172 valence electrons. The first-order chi connectivity index (χ1) is 15.8. The van der Waals surface area contributed by atoms with Gasteiger partial charge in [0.05, 0.1) is 48.0 Å². The van der Waals surface area contributed by atoms with E-state index in [9.17, 15) is 14.4 Å². The number of benzene rings is 2. The average molecular weight is 489 g/mol. The highest BCUT2D eigenvalue weighted by molar-refractivity contribution is 7.19. The van der Waals surface area contributed by atoms with Gasteiger partial charge in [0.2, 0.25) is 0 Å². The minimum atomic E-state index is -0.684. The maximum absolute atomic E-state index is 13.1. The van der Waals surface area contributed by atoms with Crippen molar-refractivity contribution in [3.63, 3.8) is 0 Å². The molecule has 1 aromatic heterocycles. The normalized spacial score (nSPS) is 10.3. The van der Waals surface area contributed by atoms with E-state index in [1.807, 2.05) is 0 Å².